The van der Waals surface area contributed by atoms with Crippen molar-refractivity contribution in [3.63, 3.8) is 0 Å². The van der Waals surface area contributed by atoms with Crippen molar-refractivity contribution in [1.29, 1.82) is 0 Å². The van der Waals surface area contributed by atoms with Gasteiger partial charge in [0.2, 0.25) is 5.82 Å². The number of hydrogen-bond donors (Lipinski definition) is 1. The zero-order valence-corrected chi connectivity index (χ0v) is 12.9. The highest BCUT2D eigenvalue weighted by atomic mass is 19.2. The third-order valence-corrected chi connectivity index (χ3v) is 3.30. The fraction of sp³-hybridized carbons (Fsp3) is 0. The molecule has 0 amide bonds. The van der Waals surface area contributed by atoms with E-state index < -0.39 is 34.8 Å². The molecule has 0 radical (unpaired) electrons. The van der Waals surface area contributed by atoms with Crippen LogP contribution in [-0.2, 0) is 0 Å². The number of benzene rings is 1. The van der Waals surface area contributed by atoms with Gasteiger partial charge in [0.05, 0.1) is 11.4 Å². The quantitative estimate of drug-likeness (QED) is 0.250. The van der Waals surface area contributed by atoms with Crippen molar-refractivity contribution in [3.8, 4) is 0 Å². The van der Waals surface area contributed by atoms with Gasteiger partial charge in [0.15, 0.2) is 23.3 Å². The number of anilines is 1. The molecule has 0 atom stereocenters. The second-order valence-corrected chi connectivity index (χ2v) is 4.95. The maximum atomic E-state index is 13.8. The highest BCUT2D eigenvalue weighted by Crippen LogP contribution is 2.27. The van der Waals surface area contributed by atoms with Gasteiger partial charge < -0.3 is 0 Å². The third kappa shape index (κ3) is 3.23. The van der Waals surface area contributed by atoms with Crippen molar-refractivity contribution >= 4 is 11.4 Å². The predicted octanol–water partition coefficient (Wildman–Crippen LogP) is 4.04. The molecule has 0 aliphatic rings. The van der Waals surface area contributed by atoms with Crippen molar-refractivity contribution in [3.05, 3.63) is 89.3 Å². The smallest absolute Gasteiger partial charge is 0.200 e. The first-order chi connectivity index (χ1) is 12.5. The van der Waals surface area contributed by atoms with Crippen molar-refractivity contribution in [2.75, 3.05) is 5.43 Å². The van der Waals surface area contributed by atoms with Crippen LogP contribution < -0.4 is 5.43 Å². The summed E-state index contributed by atoms with van der Waals surface area (Å²) in [6, 6.07) is 9.65. The molecule has 0 aliphatic heterocycles. The average Bonchev–Trinajstić information content (AvgIpc) is 2.69. The minimum atomic E-state index is -2.25. The largest absolute Gasteiger partial charge is 0.272 e. The second-order valence-electron chi connectivity index (χ2n) is 4.95. The van der Waals surface area contributed by atoms with Gasteiger partial charge in [-0.05, 0) is 24.3 Å². The highest BCUT2D eigenvalue weighted by Gasteiger charge is 2.26. The van der Waals surface area contributed by atoms with Crippen LogP contribution in [0.4, 0.5) is 27.6 Å². The van der Waals surface area contributed by atoms with Crippen LogP contribution in [0.3, 0.4) is 0 Å². The summed E-state index contributed by atoms with van der Waals surface area (Å²) in [5.74, 6) is -10.4. The van der Waals surface area contributed by atoms with Crippen molar-refractivity contribution in [1.82, 2.24) is 9.97 Å². The Bertz CT molecular complexity index is 891. The number of nitrogens with one attached hydrogen (secondary N) is 1. The van der Waals surface area contributed by atoms with E-state index in [4.69, 9.17) is 0 Å². The maximum Gasteiger partial charge on any atom is 0.200 e. The first-order valence-electron chi connectivity index (χ1n) is 7.18. The van der Waals surface area contributed by atoms with Gasteiger partial charge in [0.25, 0.3) is 0 Å². The molecule has 2 aromatic heterocycles. The fourth-order valence-corrected chi connectivity index (χ4v) is 2.07. The lowest BCUT2D eigenvalue weighted by molar-refractivity contribution is 0.381. The van der Waals surface area contributed by atoms with Crippen LogP contribution in [0, 0.1) is 29.1 Å². The summed E-state index contributed by atoms with van der Waals surface area (Å²) in [7, 11) is 0. The number of rotatable bonds is 4. The lowest BCUT2D eigenvalue weighted by atomic mass is 10.1. The zero-order valence-electron chi connectivity index (χ0n) is 12.9. The minimum Gasteiger partial charge on any atom is -0.272 e. The fourth-order valence-electron chi connectivity index (χ4n) is 2.07. The van der Waals surface area contributed by atoms with E-state index in [1.807, 2.05) is 5.43 Å². The number of hydrazone groups is 1. The Balaban J connectivity index is 2.09. The highest BCUT2D eigenvalue weighted by molar-refractivity contribution is 6.10. The summed E-state index contributed by atoms with van der Waals surface area (Å²) in [6.45, 7) is 0. The van der Waals surface area contributed by atoms with Gasteiger partial charge in [-0.2, -0.15) is 5.10 Å². The molecule has 0 fully saturated rings. The second kappa shape index (κ2) is 7.26. The molecular weight excluding hydrogens is 355 g/mol. The van der Waals surface area contributed by atoms with Crippen molar-refractivity contribution < 1.29 is 22.0 Å². The Morgan fingerprint density at radius 2 is 1.15 bits per heavy atom. The van der Waals surface area contributed by atoms with E-state index in [0.717, 1.165) is 0 Å². The third-order valence-electron chi connectivity index (χ3n) is 3.30. The van der Waals surface area contributed by atoms with Crippen LogP contribution in [0.25, 0.3) is 0 Å². The Labute approximate surface area is 144 Å². The molecule has 3 aromatic rings. The first kappa shape index (κ1) is 17.5. The molecule has 0 bridgehead atoms. The van der Waals surface area contributed by atoms with Gasteiger partial charge in [-0.1, -0.05) is 12.1 Å². The van der Waals surface area contributed by atoms with Gasteiger partial charge in [0.1, 0.15) is 11.4 Å². The number of halogens is 5. The van der Waals surface area contributed by atoms with Gasteiger partial charge in [-0.25, -0.2) is 22.0 Å². The number of pyridine rings is 2. The maximum absolute atomic E-state index is 13.8. The Hall–Kier alpha value is -3.36. The summed E-state index contributed by atoms with van der Waals surface area (Å²) < 4.78 is 67.3. The van der Waals surface area contributed by atoms with Gasteiger partial charge in [0, 0.05) is 12.4 Å². The normalized spacial score (nSPS) is 10.5. The molecule has 0 saturated heterocycles. The van der Waals surface area contributed by atoms with Gasteiger partial charge >= 0.3 is 0 Å². The number of aromatic nitrogens is 2. The van der Waals surface area contributed by atoms with E-state index in [1.165, 1.54) is 12.4 Å². The molecule has 0 aliphatic carbocycles. The van der Waals surface area contributed by atoms with Crippen LogP contribution in [0.1, 0.15) is 11.4 Å². The number of hydrogen-bond acceptors (Lipinski definition) is 4. The molecule has 4 nitrogen and oxygen atoms in total. The van der Waals surface area contributed by atoms with E-state index in [9.17, 15) is 22.0 Å². The van der Waals surface area contributed by atoms with Crippen molar-refractivity contribution in [2.45, 2.75) is 0 Å². The molecule has 9 heteroatoms. The molecule has 0 saturated carbocycles. The minimum absolute atomic E-state index is 0.0511. The van der Waals surface area contributed by atoms with E-state index >= 15 is 0 Å². The average molecular weight is 364 g/mol. The van der Waals surface area contributed by atoms with Crippen LogP contribution in [0.2, 0.25) is 0 Å². The molecule has 132 valence electrons. The SMILES string of the molecule is Fc1c(F)c(F)c(NN=C(c2ccccn2)c2ccccn2)c(F)c1F. The summed E-state index contributed by atoms with van der Waals surface area (Å²) in [4.78, 5) is 8.11. The molecule has 0 unspecified atom stereocenters. The molecule has 0 spiro atoms. The van der Waals surface area contributed by atoms with Gasteiger partial charge in [-0.3, -0.25) is 15.4 Å². The number of nitrogens with zero attached hydrogens (tertiary/aromatic N) is 3. The topological polar surface area (TPSA) is 50.2 Å². The molecule has 1 aromatic carbocycles. The summed E-state index contributed by atoms with van der Waals surface area (Å²) in [5, 5.41) is 3.77. The summed E-state index contributed by atoms with van der Waals surface area (Å²) >= 11 is 0. The van der Waals surface area contributed by atoms with Crippen molar-refractivity contribution in [2.24, 2.45) is 5.10 Å². The zero-order chi connectivity index (χ0) is 18.7. The van der Waals surface area contributed by atoms with E-state index in [1.54, 1.807) is 36.4 Å². The lowest BCUT2D eigenvalue weighted by Crippen LogP contribution is -2.12. The molecule has 3 rings (SSSR count). The van der Waals surface area contributed by atoms with Gasteiger partial charge in [-0.15, -0.1) is 0 Å². The van der Waals surface area contributed by atoms with E-state index in [0.29, 0.717) is 0 Å². The lowest BCUT2D eigenvalue weighted by Gasteiger charge is -2.09. The Kier molecular flexibility index (Phi) is 4.87. The Morgan fingerprint density at radius 1 is 0.692 bits per heavy atom. The summed E-state index contributed by atoms with van der Waals surface area (Å²) in [6.07, 6.45) is 2.90. The van der Waals surface area contributed by atoms with Crippen LogP contribution in [0.15, 0.2) is 53.9 Å². The van der Waals surface area contributed by atoms with E-state index in [-0.39, 0.29) is 17.1 Å². The molecule has 1 N–H and O–H groups in total. The predicted molar refractivity (Wildman–Crippen MR) is 84.0 cm³/mol. The van der Waals surface area contributed by atoms with Crippen LogP contribution in [-0.4, -0.2) is 15.7 Å². The first-order valence-corrected chi connectivity index (χ1v) is 7.18. The standard InChI is InChI=1S/C17H9F5N4/c18-11-12(19)14(21)17(15(22)13(11)20)26-25-16(9-5-1-3-7-23-9)10-6-2-4-8-24-10/h1-8,26H. The van der Waals surface area contributed by atoms with Crippen LogP contribution >= 0.6 is 0 Å². The molecule has 26 heavy (non-hydrogen) atoms. The van der Waals surface area contributed by atoms with Crippen LogP contribution in [0.5, 0.6) is 0 Å². The monoisotopic (exact) mass is 364 g/mol. The van der Waals surface area contributed by atoms with E-state index in [2.05, 4.69) is 15.1 Å². The molecular formula is C17H9F5N4. The Morgan fingerprint density at radius 3 is 1.58 bits per heavy atom. The summed E-state index contributed by atoms with van der Waals surface area (Å²) in [5.41, 5.74) is 1.24. The molecule has 2 heterocycles.